The number of nitrogens with zero attached hydrogens (tertiary/aromatic N) is 2. The topological polar surface area (TPSA) is 79.4 Å². The summed E-state index contributed by atoms with van der Waals surface area (Å²) < 4.78 is 0. The Morgan fingerprint density at radius 3 is 2.48 bits per heavy atom. The first-order chi connectivity index (χ1) is 11.1. The lowest BCUT2D eigenvalue weighted by atomic mass is 9.85. The van der Waals surface area contributed by atoms with Crippen LogP contribution in [0.2, 0.25) is 0 Å². The van der Waals surface area contributed by atoms with E-state index < -0.39 is 0 Å². The van der Waals surface area contributed by atoms with Gasteiger partial charge >= 0.3 is 0 Å². The van der Waals surface area contributed by atoms with Crippen LogP contribution < -0.4 is 5.32 Å². The second-order valence-corrected chi connectivity index (χ2v) is 6.34. The molecule has 2 fully saturated rings. The molecule has 0 radical (unpaired) electrons. The maximum Gasteiger partial charge on any atom is 0.233 e. The van der Waals surface area contributed by atoms with Gasteiger partial charge < -0.3 is 5.32 Å². The van der Waals surface area contributed by atoms with Crippen molar-refractivity contribution in [3.05, 3.63) is 36.5 Å². The van der Waals surface area contributed by atoms with Crippen molar-refractivity contribution in [2.75, 3.05) is 11.9 Å². The molecule has 6 heteroatoms. The zero-order valence-corrected chi connectivity index (χ0v) is 12.5. The maximum absolute atomic E-state index is 12.5. The minimum atomic E-state index is -0.248. The molecule has 2 heterocycles. The predicted octanol–water partition coefficient (Wildman–Crippen LogP) is 1.22. The highest BCUT2D eigenvalue weighted by Gasteiger charge is 2.58. The van der Waals surface area contributed by atoms with Crippen LogP contribution in [0, 0.1) is 23.7 Å². The summed E-state index contributed by atoms with van der Waals surface area (Å²) in [4.78, 5) is 42.2. The molecule has 6 nitrogen and oxygen atoms in total. The van der Waals surface area contributed by atoms with Crippen molar-refractivity contribution in [2.24, 2.45) is 23.7 Å². The van der Waals surface area contributed by atoms with E-state index in [9.17, 15) is 14.4 Å². The van der Waals surface area contributed by atoms with Crippen molar-refractivity contribution < 1.29 is 14.4 Å². The Kier molecular flexibility index (Phi) is 3.25. The highest BCUT2D eigenvalue weighted by molar-refractivity contribution is 6.06. The van der Waals surface area contributed by atoms with Gasteiger partial charge in [-0.15, -0.1) is 0 Å². The van der Waals surface area contributed by atoms with E-state index in [0.29, 0.717) is 5.82 Å². The molecule has 3 amide bonds. The smallest absolute Gasteiger partial charge is 0.233 e. The summed E-state index contributed by atoms with van der Waals surface area (Å²) in [5, 5.41) is 2.66. The molecule has 1 aromatic heterocycles. The van der Waals surface area contributed by atoms with Gasteiger partial charge in [0, 0.05) is 19.2 Å². The standard InChI is InChI=1S/C17H17N3O3/c21-13(19-12-3-1-2-7-18-12)6-8-20-16(22)14-10-4-5-11(9-10)15(14)17(20)23/h1-5,7,10-11,14-15H,6,8-9H2,(H,18,19,21)/t10-,11-,14+,15+/m0/s1. The van der Waals surface area contributed by atoms with E-state index in [1.807, 2.05) is 0 Å². The number of carbonyl (C=O) groups is 3. The summed E-state index contributed by atoms with van der Waals surface area (Å²) >= 11 is 0. The van der Waals surface area contributed by atoms with Gasteiger partial charge in [0.15, 0.2) is 0 Å². The van der Waals surface area contributed by atoms with Gasteiger partial charge in [-0.05, 0) is 30.4 Å². The Labute approximate surface area is 133 Å². The average molecular weight is 311 g/mol. The number of hydrogen-bond donors (Lipinski definition) is 1. The minimum absolute atomic E-state index is 0.0935. The van der Waals surface area contributed by atoms with Crippen LogP contribution in [0.4, 0.5) is 5.82 Å². The Morgan fingerprint density at radius 1 is 1.17 bits per heavy atom. The van der Waals surface area contributed by atoms with Crippen LogP contribution in [0.3, 0.4) is 0 Å². The zero-order valence-electron chi connectivity index (χ0n) is 12.5. The van der Waals surface area contributed by atoms with Crippen molar-refractivity contribution in [1.82, 2.24) is 9.88 Å². The van der Waals surface area contributed by atoms with Gasteiger partial charge in [0.05, 0.1) is 11.8 Å². The molecule has 3 aliphatic rings. The second kappa shape index (κ2) is 5.30. The molecule has 118 valence electrons. The van der Waals surface area contributed by atoms with E-state index in [1.165, 1.54) is 4.90 Å². The summed E-state index contributed by atoms with van der Waals surface area (Å²) in [7, 11) is 0. The van der Waals surface area contributed by atoms with Gasteiger partial charge in [0.25, 0.3) is 0 Å². The van der Waals surface area contributed by atoms with Gasteiger partial charge in [-0.25, -0.2) is 4.98 Å². The lowest BCUT2D eigenvalue weighted by Crippen LogP contribution is -2.35. The second-order valence-electron chi connectivity index (χ2n) is 6.34. The molecule has 23 heavy (non-hydrogen) atoms. The highest BCUT2D eigenvalue weighted by atomic mass is 16.2. The first-order valence-corrected chi connectivity index (χ1v) is 7.89. The zero-order chi connectivity index (χ0) is 16.0. The third-order valence-electron chi connectivity index (χ3n) is 5.06. The Balaban J connectivity index is 1.38. The minimum Gasteiger partial charge on any atom is -0.311 e. The predicted molar refractivity (Wildman–Crippen MR) is 81.9 cm³/mol. The summed E-state index contributed by atoms with van der Waals surface area (Å²) in [6.07, 6.45) is 6.73. The maximum atomic E-state index is 12.5. The van der Waals surface area contributed by atoms with Gasteiger partial charge in [-0.2, -0.15) is 0 Å². The first-order valence-electron chi connectivity index (χ1n) is 7.89. The van der Waals surface area contributed by atoms with Gasteiger partial charge in [0.2, 0.25) is 17.7 Å². The molecule has 4 atom stereocenters. The number of aromatic nitrogens is 1. The Bertz CT molecular complexity index is 670. The number of anilines is 1. The van der Waals surface area contributed by atoms with Gasteiger partial charge in [-0.1, -0.05) is 18.2 Å². The fraction of sp³-hybridized carbons (Fsp3) is 0.412. The monoisotopic (exact) mass is 311 g/mol. The lowest BCUT2D eigenvalue weighted by molar-refractivity contribution is -0.140. The molecule has 0 spiro atoms. The normalized spacial score (nSPS) is 30.9. The fourth-order valence-corrected chi connectivity index (χ4v) is 4.04. The molecule has 1 aromatic rings. The molecule has 1 aliphatic heterocycles. The highest BCUT2D eigenvalue weighted by Crippen LogP contribution is 2.52. The first kappa shape index (κ1) is 14.1. The molecular formula is C17H17N3O3. The SMILES string of the molecule is O=C(CCN1C(=O)[C@H]2[C@H](C1=O)[C@H]1C=C[C@H]2C1)Nc1ccccn1. The van der Waals surface area contributed by atoms with Crippen LogP contribution in [-0.2, 0) is 14.4 Å². The molecular weight excluding hydrogens is 294 g/mol. The van der Waals surface area contributed by atoms with E-state index in [-0.39, 0.29) is 54.4 Å². The number of pyridine rings is 1. The van der Waals surface area contributed by atoms with E-state index in [2.05, 4.69) is 22.5 Å². The number of nitrogens with one attached hydrogen (secondary N) is 1. The van der Waals surface area contributed by atoms with Crippen molar-refractivity contribution in [3.8, 4) is 0 Å². The average Bonchev–Trinajstić information content (AvgIpc) is 3.22. The number of amides is 3. The molecule has 0 unspecified atom stereocenters. The molecule has 1 N–H and O–H groups in total. The van der Waals surface area contributed by atoms with E-state index in [1.54, 1.807) is 24.4 Å². The quantitative estimate of drug-likeness (QED) is 0.670. The number of allylic oxidation sites excluding steroid dienone is 2. The van der Waals surface area contributed by atoms with Crippen molar-refractivity contribution >= 4 is 23.5 Å². The molecule has 1 saturated heterocycles. The third kappa shape index (κ3) is 2.25. The number of likely N-dealkylation sites (tertiary alicyclic amines) is 1. The van der Waals surface area contributed by atoms with E-state index >= 15 is 0 Å². The molecule has 4 rings (SSSR count). The third-order valence-corrected chi connectivity index (χ3v) is 5.06. The number of fused-ring (bicyclic) bond motifs is 5. The number of carbonyl (C=O) groups excluding carboxylic acids is 3. The van der Waals surface area contributed by atoms with E-state index in [4.69, 9.17) is 0 Å². The van der Waals surface area contributed by atoms with Gasteiger partial charge in [0.1, 0.15) is 5.82 Å². The summed E-state index contributed by atoms with van der Waals surface area (Å²) in [5.41, 5.74) is 0. The van der Waals surface area contributed by atoms with E-state index in [0.717, 1.165) is 6.42 Å². The van der Waals surface area contributed by atoms with Crippen LogP contribution in [0.25, 0.3) is 0 Å². The van der Waals surface area contributed by atoms with Crippen molar-refractivity contribution in [2.45, 2.75) is 12.8 Å². The molecule has 2 aliphatic carbocycles. The molecule has 1 saturated carbocycles. The fourth-order valence-electron chi connectivity index (χ4n) is 4.04. The largest absolute Gasteiger partial charge is 0.311 e. The summed E-state index contributed by atoms with van der Waals surface area (Å²) in [6, 6.07) is 5.23. The summed E-state index contributed by atoms with van der Waals surface area (Å²) in [5.74, 6) is 0.0124. The van der Waals surface area contributed by atoms with Crippen molar-refractivity contribution in [3.63, 3.8) is 0 Å². The van der Waals surface area contributed by atoms with Crippen molar-refractivity contribution in [1.29, 1.82) is 0 Å². The van der Waals surface area contributed by atoms with Crippen LogP contribution in [0.5, 0.6) is 0 Å². The molecule has 2 bridgehead atoms. The van der Waals surface area contributed by atoms with Crippen LogP contribution in [0.15, 0.2) is 36.5 Å². The number of hydrogen-bond acceptors (Lipinski definition) is 4. The van der Waals surface area contributed by atoms with Crippen LogP contribution >= 0.6 is 0 Å². The lowest BCUT2D eigenvalue weighted by Gasteiger charge is -2.16. The molecule has 0 aromatic carbocycles. The van der Waals surface area contributed by atoms with Gasteiger partial charge in [-0.3, -0.25) is 19.3 Å². The summed E-state index contributed by atoms with van der Waals surface area (Å²) in [6.45, 7) is 0.142. The number of imide groups is 1. The van der Waals surface area contributed by atoms with Crippen LogP contribution in [0.1, 0.15) is 12.8 Å². The Hall–Kier alpha value is -2.50. The van der Waals surface area contributed by atoms with Crippen LogP contribution in [-0.4, -0.2) is 34.2 Å². The Morgan fingerprint density at radius 2 is 1.87 bits per heavy atom. The number of rotatable bonds is 4.